The van der Waals surface area contributed by atoms with Crippen LogP contribution in [0.2, 0.25) is 0 Å². The first kappa shape index (κ1) is 14.3. The van der Waals surface area contributed by atoms with Crippen LogP contribution in [0, 0.1) is 0 Å². The third-order valence-corrected chi connectivity index (χ3v) is 5.01. The summed E-state index contributed by atoms with van der Waals surface area (Å²) in [6, 6.07) is 6.39. The Kier molecular flexibility index (Phi) is 4.44. The number of sulfonamides is 1. The van der Waals surface area contributed by atoms with Gasteiger partial charge in [0, 0.05) is 13.1 Å². The van der Waals surface area contributed by atoms with Gasteiger partial charge in [-0.2, -0.15) is 4.31 Å². The van der Waals surface area contributed by atoms with Crippen LogP contribution in [0.25, 0.3) is 0 Å². The molecule has 0 aliphatic carbocycles. The predicted molar refractivity (Wildman–Crippen MR) is 71.6 cm³/mol. The van der Waals surface area contributed by atoms with Crippen molar-refractivity contribution in [2.45, 2.75) is 30.8 Å². The van der Waals surface area contributed by atoms with Crippen molar-refractivity contribution in [2.24, 2.45) is 0 Å². The summed E-state index contributed by atoms with van der Waals surface area (Å²) in [5, 5.41) is 9.58. The molecule has 0 radical (unpaired) electrons. The van der Waals surface area contributed by atoms with Crippen LogP contribution in [0.4, 0.5) is 0 Å². The van der Waals surface area contributed by atoms with Gasteiger partial charge in [-0.25, -0.2) is 8.42 Å². The number of piperidine rings is 1. The number of aliphatic hydroxyl groups excluding tert-OH is 1. The zero-order valence-corrected chi connectivity index (χ0v) is 11.8. The van der Waals surface area contributed by atoms with Crippen molar-refractivity contribution in [1.29, 1.82) is 0 Å². The van der Waals surface area contributed by atoms with Crippen molar-refractivity contribution in [1.82, 2.24) is 4.31 Å². The van der Waals surface area contributed by atoms with Crippen LogP contribution < -0.4 is 4.74 Å². The zero-order valence-electron chi connectivity index (χ0n) is 10.9. The van der Waals surface area contributed by atoms with Gasteiger partial charge in [0.1, 0.15) is 5.75 Å². The van der Waals surface area contributed by atoms with Gasteiger partial charge in [0.05, 0.1) is 17.6 Å². The molecular formula is C13H19NO4S. The van der Waals surface area contributed by atoms with Gasteiger partial charge >= 0.3 is 0 Å². The minimum absolute atomic E-state index is 0.176. The average molecular weight is 285 g/mol. The fourth-order valence-electron chi connectivity index (χ4n) is 2.16. The lowest BCUT2D eigenvalue weighted by molar-refractivity contribution is 0.108. The molecular weight excluding hydrogens is 266 g/mol. The molecule has 1 fully saturated rings. The second-order valence-corrected chi connectivity index (χ2v) is 6.50. The molecule has 1 heterocycles. The number of hydrogen-bond acceptors (Lipinski definition) is 4. The van der Waals surface area contributed by atoms with Gasteiger partial charge in [0.2, 0.25) is 10.0 Å². The first-order chi connectivity index (χ1) is 9.04. The molecule has 0 bridgehead atoms. The van der Waals surface area contributed by atoms with Crippen LogP contribution in [-0.2, 0) is 10.0 Å². The van der Waals surface area contributed by atoms with Crippen LogP contribution in [0.1, 0.15) is 19.8 Å². The molecule has 106 valence electrons. The Morgan fingerprint density at radius 2 is 2.05 bits per heavy atom. The Labute approximate surface area is 113 Å². The Balaban J connectivity index is 2.18. The normalized spacial score (nSPS) is 21.3. The SMILES string of the molecule is CCOc1ccc(S(=O)(=O)N2CCCC(O)C2)cc1. The Hall–Kier alpha value is -1.11. The van der Waals surface area contributed by atoms with E-state index in [0.717, 1.165) is 0 Å². The van der Waals surface area contributed by atoms with Gasteiger partial charge in [-0.1, -0.05) is 0 Å². The molecule has 1 aromatic carbocycles. The highest BCUT2D eigenvalue weighted by molar-refractivity contribution is 7.89. The Morgan fingerprint density at radius 1 is 1.37 bits per heavy atom. The molecule has 5 nitrogen and oxygen atoms in total. The summed E-state index contributed by atoms with van der Waals surface area (Å²) in [6.45, 7) is 3.06. The van der Waals surface area contributed by atoms with E-state index in [-0.39, 0.29) is 11.4 Å². The molecule has 1 aromatic rings. The largest absolute Gasteiger partial charge is 0.494 e. The smallest absolute Gasteiger partial charge is 0.243 e. The predicted octanol–water partition coefficient (Wildman–Crippen LogP) is 1.23. The first-order valence-electron chi connectivity index (χ1n) is 6.45. The maximum absolute atomic E-state index is 12.4. The van der Waals surface area contributed by atoms with E-state index in [2.05, 4.69) is 0 Å². The lowest BCUT2D eigenvalue weighted by Crippen LogP contribution is -2.42. The maximum atomic E-state index is 12.4. The van der Waals surface area contributed by atoms with Crippen molar-refractivity contribution in [3.05, 3.63) is 24.3 Å². The maximum Gasteiger partial charge on any atom is 0.243 e. The van der Waals surface area contributed by atoms with E-state index in [1.54, 1.807) is 24.3 Å². The molecule has 19 heavy (non-hydrogen) atoms. The van der Waals surface area contributed by atoms with Crippen molar-refractivity contribution in [3.8, 4) is 5.75 Å². The first-order valence-corrected chi connectivity index (χ1v) is 7.89. The summed E-state index contributed by atoms with van der Waals surface area (Å²) in [5.41, 5.74) is 0. The minimum atomic E-state index is -3.51. The third-order valence-electron chi connectivity index (χ3n) is 3.13. The number of benzene rings is 1. The van der Waals surface area contributed by atoms with E-state index in [1.165, 1.54) is 4.31 Å². The molecule has 0 saturated carbocycles. The van der Waals surface area contributed by atoms with E-state index in [0.29, 0.717) is 31.7 Å². The number of nitrogens with zero attached hydrogens (tertiary/aromatic N) is 1. The number of β-amino-alcohol motifs (C(OH)–C–C–N with tert-alkyl or cyclic N) is 1. The summed E-state index contributed by atoms with van der Waals surface area (Å²) in [4.78, 5) is 0.241. The minimum Gasteiger partial charge on any atom is -0.494 e. The highest BCUT2D eigenvalue weighted by Gasteiger charge is 2.29. The molecule has 1 aliphatic heterocycles. The van der Waals surface area contributed by atoms with E-state index >= 15 is 0 Å². The van der Waals surface area contributed by atoms with Crippen LogP contribution in [-0.4, -0.2) is 43.6 Å². The lowest BCUT2D eigenvalue weighted by Gasteiger charge is -2.29. The summed E-state index contributed by atoms with van der Waals surface area (Å²) >= 11 is 0. The topological polar surface area (TPSA) is 66.8 Å². The average Bonchev–Trinajstić information content (AvgIpc) is 2.40. The van der Waals surface area contributed by atoms with Crippen LogP contribution in [0.15, 0.2) is 29.2 Å². The van der Waals surface area contributed by atoms with E-state index < -0.39 is 16.1 Å². The number of hydrogen-bond donors (Lipinski definition) is 1. The van der Waals surface area contributed by atoms with Gasteiger partial charge < -0.3 is 9.84 Å². The second-order valence-electron chi connectivity index (χ2n) is 4.56. The molecule has 1 unspecified atom stereocenters. The van der Waals surface area contributed by atoms with E-state index in [9.17, 15) is 13.5 Å². The highest BCUT2D eigenvalue weighted by atomic mass is 32.2. The van der Waals surface area contributed by atoms with Crippen LogP contribution in [0.5, 0.6) is 5.75 Å². The summed E-state index contributed by atoms with van der Waals surface area (Å²) in [6.07, 6.45) is 0.790. The lowest BCUT2D eigenvalue weighted by atomic mass is 10.1. The number of aliphatic hydroxyl groups is 1. The van der Waals surface area contributed by atoms with E-state index in [1.807, 2.05) is 6.92 Å². The van der Waals surface area contributed by atoms with Crippen molar-refractivity contribution in [2.75, 3.05) is 19.7 Å². The fraction of sp³-hybridized carbons (Fsp3) is 0.538. The highest BCUT2D eigenvalue weighted by Crippen LogP contribution is 2.22. The fourth-order valence-corrected chi connectivity index (χ4v) is 3.68. The van der Waals surface area contributed by atoms with E-state index in [4.69, 9.17) is 4.74 Å². The molecule has 1 aliphatic rings. The molecule has 0 spiro atoms. The van der Waals surface area contributed by atoms with Crippen molar-refractivity contribution >= 4 is 10.0 Å². The monoisotopic (exact) mass is 285 g/mol. The molecule has 1 atom stereocenters. The van der Waals surface area contributed by atoms with Gasteiger partial charge in [-0.05, 0) is 44.0 Å². The van der Waals surface area contributed by atoms with Gasteiger partial charge in [0.25, 0.3) is 0 Å². The Morgan fingerprint density at radius 3 is 2.63 bits per heavy atom. The molecule has 1 saturated heterocycles. The summed E-state index contributed by atoms with van der Waals surface area (Å²) < 4.78 is 31.4. The molecule has 6 heteroatoms. The van der Waals surface area contributed by atoms with Crippen molar-refractivity contribution in [3.63, 3.8) is 0 Å². The molecule has 0 aromatic heterocycles. The standard InChI is InChI=1S/C13H19NO4S/c1-2-18-12-5-7-13(8-6-12)19(16,17)14-9-3-4-11(15)10-14/h5-8,11,15H,2-4,9-10H2,1H3. The molecule has 2 rings (SSSR count). The van der Waals surface area contributed by atoms with Gasteiger partial charge in [-0.15, -0.1) is 0 Å². The van der Waals surface area contributed by atoms with Crippen LogP contribution in [0.3, 0.4) is 0 Å². The number of ether oxygens (including phenoxy) is 1. The van der Waals surface area contributed by atoms with Crippen molar-refractivity contribution < 1.29 is 18.3 Å². The van der Waals surface area contributed by atoms with Crippen LogP contribution >= 0.6 is 0 Å². The second kappa shape index (κ2) is 5.90. The molecule has 0 amide bonds. The zero-order chi connectivity index (χ0) is 13.9. The quantitative estimate of drug-likeness (QED) is 0.903. The Bertz CT molecular complexity index is 512. The van der Waals surface area contributed by atoms with Gasteiger partial charge in [-0.3, -0.25) is 0 Å². The number of rotatable bonds is 4. The third kappa shape index (κ3) is 3.26. The molecule has 1 N–H and O–H groups in total. The summed E-state index contributed by atoms with van der Waals surface area (Å²) in [5.74, 6) is 0.653. The van der Waals surface area contributed by atoms with Gasteiger partial charge in [0.15, 0.2) is 0 Å². The summed E-state index contributed by atoms with van der Waals surface area (Å²) in [7, 11) is -3.51.